The lowest BCUT2D eigenvalue weighted by Crippen LogP contribution is -2.47. The molecule has 2 atom stereocenters. The van der Waals surface area contributed by atoms with Crippen molar-refractivity contribution in [1.82, 2.24) is 9.55 Å². The van der Waals surface area contributed by atoms with Crippen LogP contribution in [0, 0.1) is 17.2 Å². The van der Waals surface area contributed by atoms with Gasteiger partial charge in [-0.3, -0.25) is 4.79 Å². The molecule has 2 bridgehead atoms. The topological polar surface area (TPSA) is 75.1 Å². The summed E-state index contributed by atoms with van der Waals surface area (Å²) in [6, 6.07) is 14.9. The van der Waals surface area contributed by atoms with E-state index in [4.69, 9.17) is 16.0 Å². The van der Waals surface area contributed by atoms with Crippen LogP contribution < -0.4 is 10.5 Å². The Kier molecular flexibility index (Phi) is 3.99. The van der Waals surface area contributed by atoms with Crippen molar-refractivity contribution in [2.45, 2.75) is 18.9 Å². The standard InChI is InChI=1S/C21H17ClN4O2/c22-16-4-1-3-14(8-16)20-24-17(9-23)21(28-20)25-10-13-7-15(12-25)18-5-2-6-19(27)26(18)11-13/h1-6,8,13,15H,7,10-12H2. The zero-order chi connectivity index (χ0) is 19.3. The minimum absolute atomic E-state index is 0.0567. The summed E-state index contributed by atoms with van der Waals surface area (Å²) in [7, 11) is 0. The summed E-state index contributed by atoms with van der Waals surface area (Å²) in [4.78, 5) is 18.7. The molecule has 1 fully saturated rings. The van der Waals surface area contributed by atoms with Crippen molar-refractivity contribution in [1.29, 1.82) is 5.26 Å². The molecule has 0 saturated carbocycles. The highest BCUT2D eigenvalue weighted by molar-refractivity contribution is 6.30. The molecule has 0 spiro atoms. The largest absolute Gasteiger partial charge is 0.419 e. The molecule has 1 saturated heterocycles. The predicted molar refractivity (Wildman–Crippen MR) is 105 cm³/mol. The Hall–Kier alpha value is -3.04. The quantitative estimate of drug-likeness (QED) is 0.665. The van der Waals surface area contributed by atoms with Crippen LogP contribution in [-0.4, -0.2) is 22.6 Å². The third kappa shape index (κ3) is 2.79. The summed E-state index contributed by atoms with van der Waals surface area (Å²) >= 11 is 6.08. The molecule has 7 heteroatoms. The van der Waals surface area contributed by atoms with E-state index in [1.54, 1.807) is 18.2 Å². The van der Waals surface area contributed by atoms with Gasteiger partial charge >= 0.3 is 0 Å². The Morgan fingerprint density at radius 2 is 2.04 bits per heavy atom. The molecule has 2 unspecified atom stereocenters. The van der Waals surface area contributed by atoms with E-state index in [1.165, 1.54) is 0 Å². The molecule has 2 aromatic heterocycles. The maximum absolute atomic E-state index is 12.2. The third-order valence-corrected chi connectivity index (χ3v) is 5.79. The van der Waals surface area contributed by atoms with Gasteiger partial charge in [0.05, 0.1) is 0 Å². The summed E-state index contributed by atoms with van der Waals surface area (Å²) in [5.41, 5.74) is 2.13. The monoisotopic (exact) mass is 392 g/mol. The van der Waals surface area contributed by atoms with E-state index in [1.807, 2.05) is 28.8 Å². The summed E-state index contributed by atoms with van der Waals surface area (Å²) in [6.45, 7) is 2.12. The maximum Gasteiger partial charge on any atom is 0.250 e. The Balaban J connectivity index is 1.51. The van der Waals surface area contributed by atoms with Crippen LogP contribution in [0.15, 0.2) is 51.7 Å². The Morgan fingerprint density at radius 3 is 2.86 bits per heavy atom. The normalized spacial score (nSPS) is 20.5. The highest BCUT2D eigenvalue weighted by Gasteiger charge is 2.36. The average molecular weight is 393 g/mol. The molecule has 5 rings (SSSR count). The zero-order valence-corrected chi connectivity index (χ0v) is 15.8. The highest BCUT2D eigenvalue weighted by Crippen LogP contribution is 2.39. The lowest BCUT2D eigenvalue weighted by molar-refractivity contribution is 0.275. The molecule has 2 aliphatic rings. The molecule has 28 heavy (non-hydrogen) atoms. The highest BCUT2D eigenvalue weighted by atomic mass is 35.5. The molecule has 0 radical (unpaired) electrons. The zero-order valence-electron chi connectivity index (χ0n) is 15.0. The number of benzene rings is 1. The van der Waals surface area contributed by atoms with Crippen LogP contribution in [0.1, 0.15) is 23.7 Å². The SMILES string of the molecule is N#Cc1nc(-c2cccc(Cl)c2)oc1N1CC2CC(C1)c1cccc(=O)n1C2. The van der Waals surface area contributed by atoms with Gasteiger partial charge in [-0.2, -0.15) is 10.2 Å². The van der Waals surface area contributed by atoms with E-state index in [0.717, 1.165) is 24.2 Å². The van der Waals surface area contributed by atoms with Crippen LogP contribution in [-0.2, 0) is 6.54 Å². The van der Waals surface area contributed by atoms with Gasteiger partial charge < -0.3 is 13.9 Å². The maximum atomic E-state index is 12.2. The lowest BCUT2D eigenvalue weighted by Gasteiger charge is -2.42. The molecule has 0 N–H and O–H groups in total. The number of hydrogen-bond donors (Lipinski definition) is 0. The molecule has 4 heterocycles. The second-order valence-electron chi connectivity index (χ2n) is 7.40. The molecular formula is C21H17ClN4O2. The number of nitriles is 1. The van der Waals surface area contributed by atoms with E-state index in [-0.39, 0.29) is 17.2 Å². The summed E-state index contributed by atoms with van der Waals surface area (Å²) in [5.74, 6) is 1.45. The summed E-state index contributed by atoms with van der Waals surface area (Å²) < 4.78 is 7.92. The fourth-order valence-corrected chi connectivity index (χ4v) is 4.60. The van der Waals surface area contributed by atoms with Gasteiger partial charge in [-0.15, -0.1) is 0 Å². The fourth-order valence-electron chi connectivity index (χ4n) is 4.41. The minimum Gasteiger partial charge on any atom is -0.419 e. The number of fused-ring (bicyclic) bond motifs is 4. The van der Waals surface area contributed by atoms with Crippen molar-refractivity contribution in [2.75, 3.05) is 18.0 Å². The van der Waals surface area contributed by atoms with Gasteiger partial charge in [0.1, 0.15) is 6.07 Å². The van der Waals surface area contributed by atoms with Crippen LogP contribution >= 0.6 is 11.6 Å². The second kappa shape index (κ2) is 6.54. The number of aromatic nitrogens is 2. The first-order valence-corrected chi connectivity index (χ1v) is 9.61. The Morgan fingerprint density at radius 1 is 1.18 bits per heavy atom. The van der Waals surface area contributed by atoms with Gasteiger partial charge in [-0.1, -0.05) is 23.7 Å². The number of piperidine rings is 1. The average Bonchev–Trinajstić information content (AvgIpc) is 3.13. The van der Waals surface area contributed by atoms with Crippen LogP contribution in [0.5, 0.6) is 0 Å². The molecule has 2 aliphatic heterocycles. The molecule has 3 aromatic rings. The number of hydrogen-bond acceptors (Lipinski definition) is 5. The third-order valence-electron chi connectivity index (χ3n) is 5.55. The van der Waals surface area contributed by atoms with Gasteiger partial charge in [0.2, 0.25) is 17.5 Å². The van der Waals surface area contributed by atoms with Gasteiger partial charge in [0.25, 0.3) is 5.56 Å². The van der Waals surface area contributed by atoms with E-state index >= 15 is 0 Å². The van der Waals surface area contributed by atoms with Crippen molar-refractivity contribution in [3.05, 3.63) is 69.2 Å². The second-order valence-corrected chi connectivity index (χ2v) is 7.83. The van der Waals surface area contributed by atoms with Crippen LogP contribution in [0.2, 0.25) is 5.02 Å². The van der Waals surface area contributed by atoms with Crippen LogP contribution in [0.25, 0.3) is 11.5 Å². The number of nitrogens with zero attached hydrogens (tertiary/aromatic N) is 4. The summed E-state index contributed by atoms with van der Waals surface area (Å²) in [5, 5.41) is 10.2. The van der Waals surface area contributed by atoms with Crippen molar-refractivity contribution in [3.8, 4) is 17.5 Å². The van der Waals surface area contributed by atoms with Gasteiger partial charge in [-0.05, 0) is 36.6 Å². The number of oxazole rings is 1. The molecule has 0 aliphatic carbocycles. The van der Waals surface area contributed by atoms with Crippen molar-refractivity contribution >= 4 is 17.5 Å². The van der Waals surface area contributed by atoms with Crippen LogP contribution in [0.3, 0.4) is 0 Å². The molecule has 0 amide bonds. The number of rotatable bonds is 2. The minimum atomic E-state index is 0.0567. The first-order chi connectivity index (χ1) is 13.6. The Labute approximate surface area is 166 Å². The molecular weight excluding hydrogens is 376 g/mol. The molecule has 1 aromatic carbocycles. The van der Waals surface area contributed by atoms with E-state index in [2.05, 4.69) is 16.0 Å². The van der Waals surface area contributed by atoms with Crippen molar-refractivity contribution < 1.29 is 4.42 Å². The lowest BCUT2D eigenvalue weighted by atomic mass is 9.83. The molecule has 6 nitrogen and oxygen atoms in total. The van der Waals surface area contributed by atoms with Gasteiger partial charge in [-0.25, -0.2) is 0 Å². The first kappa shape index (κ1) is 17.1. The smallest absolute Gasteiger partial charge is 0.250 e. The predicted octanol–water partition coefficient (Wildman–Crippen LogP) is 3.65. The van der Waals surface area contributed by atoms with Gasteiger partial charge in [0, 0.05) is 47.9 Å². The van der Waals surface area contributed by atoms with Gasteiger partial charge in [0.15, 0.2) is 0 Å². The van der Waals surface area contributed by atoms with Crippen molar-refractivity contribution in [2.24, 2.45) is 5.92 Å². The fraction of sp³-hybridized carbons (Fsp3) is 0.286. The van der Waals surface area contributed by atoms with E-state index in [0.29, 0.717) is 35.8 Å². The number of anilines is 1. The number of halogens is 1. The van der Waals surface area contributed by atoms with Crippen molar-refractivity contribution in [3.63, 3.8) is 0 Å². The van der Waals surface area contributed by atoms with Crippen LogP contribution in [0.4, 0.5) is 5.88 Å². The summed E-state index contributed by atoms with van der Waals surface area (Å²) in [6.07, 6.45) is 1.04. The van der Waals surface area contributed by atoms with E-state index in [9.17, 15) is 10.1 Å². The number of pyridine rings is 1. The Bertz CT molecular complexity index is 1160. The molecule has 140 valence electrons. The van der Waals surface area contributed by atoms with E-state index < -0.39 is 0 Å². The first-order valence-electron chi connectivity index (χ1n) is 9.24.